The Morgan fingerprint density at radius 1 is 1.29 bits per heavy atom. The van der Waals surface area contributed by atoms with Crippen molar-refractivity contribution in [1.29, 1.82) is 0 Å². The van der Waals surface area contributed by atoms with E-state index in [9.17, 15) is 21.6 Å². The molecular weight excluding hydrogens is 272 g/mol. The van der Waals surface area contributed by atoms with E-state index < -0.39 is 28.0 Å². The van der Waals surface area contributed by atoms with Gasteiger partial charge in [-0.2, -0.15) is 8.42 Å². The van der Waals surface area contributed by atoms with Gasteiger partial charge in [0.2, 0.25) is 0 Å². The molecule has 17 heavy (non-hydrogen) atoms. The Morgan fingerprint density at radius 3 is 2.29 bits per heavy atom. The third-order valence-corrected chi connectivity index (χ3v) is 2.21. The van der Waals surface area contributed by atoms with Crippen molar-refractivity contribution in [1.82, 2.24) is 0 Å². The van der Waals surface area contributed by atoms with Crippen molar-refractivity contribution in [2.24, 2.45) is 0 Å². The Hall–Kier alpha value is -0.280. The predicted octanol–water partition coefficient (Wildman–Crippen LogP) is -0.910. The number of hydrogen-bond donors (Lipinski definition) is 1. The van der Waals surface area contributed by atoms with E-state index in [1.807, 2.05) is 0 Å². The third kappa shape index (κ3) is 6.89. The van der Waals surface area contributed by atoms with Crippen LogP contribution in [-0.4, -0.2) is 19.3 Å². The van der Waals surface area contributed by atoms with Crippen LogP contribution in [0.1, 0.15) is 6.99 Å². The summed E-state index contributed by atoms with van der Waals surface area (Å²) in [6, 6.07) is 4.68. The van der Waals surface area contributed by atoms with E-state index in [0.717, 1.165) is 12.1 Å². The maximum Gasteiger partial charge on any atom is 1.00 e. The summed E-state index contributed by atoms with van der Waals surface area (Å²) in [6.45, 7) is 0. The zero-order valence-electron chi connectivity index (χ0n) is 9.73. The van der Waals surface area contributed by atoms with Crippen molar-refractivity contribution in [3.8, 4) is 5.75 Å². The van der Waals surface area contributed by atoms with Crippen molar-refractivity contribution in [3.05, 3.63) is 29.8 Å². The van der Waals surface area contributed by atoms with Crippen molar-refractivity contribution < 1.29 is 61.9 Å². The molecule has 1 rings (SSSR count). The van der Waals surface area contributed by atoms with Crippen LogP contribution in [0.4, 0.5) is 13.2 Å². The standard InChI is InChI=1S/C8H7F3O4S.Na.H/c9-8(10,11)15-7-4-2-1-3-6(7)5-16(12,13)14;;/h1-4H,5H2,(H,12,13,14);;/q;+1;-1. The molecule has 0 saturated carbocycles. The van der Waals surface area contributed by atoms with Crippen molar-refractivity contribution in [2.75, 3.05) is 0 Å². The average molecular weight is 280 g/mol. The molecule has 0 heterocycles. The van der Waals surface area contributed by atoms with E-state index >= 15 is 0 Å². The van der Waals surface area contributed by atoms with Crippen LogP contribution in [0.5, 0.6) is 5.75 Å². The number of hydrogen-bond acceptors (Lipinski definition) is 3. The van der Waals surface area contributed by atoms with E-state index in [1.54, 1.807) is 0 Å². The number of rotatable bonds is 3. The van der Waals surface area contributed by atoms with Crippen LogP contribution in [0, 0.1) is 0 Å². The summed E-state index contributed by atoms with van der Waals surface area (Å²) in [5, 5.41) is 0. The van der Waals surface area contributed by atoms with Gasteiger partial charge in [0.15, 0.2) is 0 Å². The van der Waals surface area contributed by atoms with Crippen molar-refractivity contribution >= 4 is 10.1 Å². The van der Waals surface area contributed by atoms with Gasteiger partial charge in [0.25, 0.3) is 10.1 Å². The molecule has 1 aromatic carbocycles. The minimum Gasteiger partial charge on any atom is -1.00 e. The molecule has 0 aliphatic heterocycles. The number of benzene rings is 1. The molecule has 0 aliphatic rings. The van der Waals surface area contributed by atoms with Crippen LogP contribution < -0.4 is 34.3 Å². The topological polar surface area (TPSA) is 63.6 Å². The van der Waals surface area contributed by atoms with Gasteiger partial charge < -0.3 is 6.16 Å². The van der Waals surface area contributed by atoms with Crippen molar-refractivity contribution in [3.63, 3.8) is 0 Å². The van der Waals surface area contributed by atoms with Crippen LogP contribution in [0.15, 0.2) is 24.3 Å². The Labute approximate surface area is 119 Å². The molecule has 4 nitrogen and oxygen atoms in total. The molecule has 1 aromatic rings. The van der Waals surface area contributed by atoms with Gasteiger partial charge in [-0.3, -0.25) is 4.55 Å². The van der Waals surface area contributed by atoms with Crippen LogP contribution >= 0.6 is 0 Å². The maximum absolute atomic E-state index is 11.9. The number of ether oxygens (including phenoxy) is 1. The van der Waals surface area contributed by atoms with Crippen LogP contribution in [0.2, 0.25) is 0 Å². The maximum atomic E-state index is 11.9. The fourth-order valence-corrected chi connectivity index (χ4v) is 1.68. The molecular formula is C8H8F3NaO4S. The fraction of sp³-hybridized carbons (Fsp3) is 0.250. The first-order chi connectivity index (χ1) is 7.17. The second kappa shape index (κ2) is 6.05. The van der Waals surface area contributed by atoms with E-state index in [-0.39, 0.29) is 36.5 Å². The number of halogens is 3. The summed E-state index contributed by atoms with van der Waals surface area (Å²) in [5.74, 6) is -1.58. The van der Waals surface area contributed by atoms with Gasteiger partial charge in [0, 0.05) is 5.56 Å². The SMILES string of the molecule is O=S(=O)(O)Cc1ccccc1OC(F)(F)F.[H-].[Na+]. The average Bonchev–Trinajstić information content (AvgIpc) is 2.03. The van der Waals surface area contributed by atoms with Gasteiger partial charge in [-0.25, -0.2) is 0 Å². The third-order valence-electron chi connectivity index (χ3n) is 1.54. The molecule has 0 amide bonds. The minimum atomic E-state index is -4.91. The monoisotopic (exact) mass is 280 g/mol. The smallest absolute Gasteiger partial charge is 1.00 e. The Balaban J connectivity index is 0. The molecule has 9 heteroatoms. The first kappa shape index (κ1) is 16.7. The molecule has 0 atom stereocenters. The van der Waals surface area contributed by atoms with Gasteiger partial charge in [0.1, 0.15) is 11.5 Å². The summed E-state index contributed by atoms with van der Waals surface area (Å²) in [4.78, 5) is 0. The molecule has 0 bridgehead atoms. The minimum absolute atomic E-state index is 0. The second-order valence-electron chi connectivity index (χ2n) is 2.88. The summed E-state index contributed by atoms with van der Waals surface area (Å²) in [6.07, 6.45) is -4.91. The zero-order chi connectivity index (χ0) is 12.4. The largest absolute Gasteiger partial charge is 1.00 e. The summed E-state index contributed by atoms with van der Waals surface area (Å²) >= 11 is 0. The van der Waals surface area contributed by atoms with E-state index in [4.69, 9.17) is 4.55 Å². The Kier molecular flexibility index (Phi) is 5.95. The molecule has 0 aromatic heterocycles. The molecule has 0 spiro atoms. The Bertz CT molecular complexity index is 477. The van der Waals surface area contributed by atoms with E-state index in [2.05, 4.69) is 4.74 Å². The van der Waals surface area contributed by atoms with Crippen LogP contribution in [0.3, 0.4) is 0 Å². The molecule has 0 saturated heterocycles. The quantitative estimate of drug-likeness (QED) is 0.575. The van der Waals surface area contributed by atoms with Gasteiger partial charge in [-0.15, -0.1) is 13.2 Å². The van der Waals surface area contributed by atoms with Gasteiger partial charge in [-0.1, -0.05) is 18.2 Å². The predicted molar refractivity (Wildman–Crippen MR) is 49.5 cm³/mol. The van der Waals surface area contributed by atoms with E-state index in [0.29, 0.717) is 0 Å². The van der Waals surface area contributed by atoms with Crippen LogP contribution in [-0.2, 0) is 15.9 Å². The van der Waals surface area contributed by atoms with Crippen molar-refractivity contribution in [2.45, 2.75) is 12.1 Å². The summed E-state index contributed by atoms with van der Waals surface area (Å²) < 4.78 is 69.0. The first-order valence-corrected chi connectivity index (χ1v) is 5.57. The first-order valence-electron chi connectivity index (χ1n) is 3.96. The molecule has 0 radical (unpaired) electrons. The second-order valence-corrected chi connectivity index (χ2v) is 4.33. The molecule has 0 aliphatic carbocycles. The fourth-order valence-electron chi connectivity index (χ4n) is 1.04. The van der Waals surface area contributed by atoms with Gasteiger partial charge in [0.05, 0.1) is 0 Å². The molecule has 0 fully saturated rings. The zero-order valence-corrected chi connectivity index (χ0v) is 11.5. The van der Waals surface area contributed by atoms with Gasteiger partial charge >= 0.3 is 35.9 Å². The normalized spacial score (nSPS) is 11.8. The summed E-state index contributed by atoms with van der Waals surface area (Å²) in [5.41, 5.74) is -0.262. The Morgan fingerprint density at radius 2 is 1.82 bits per heavy atom. The number of alkyl halides is 3. The molecule has 1 N–H and O–H groups in total. The number of para-hydroxylation sites is 1. The van der Waals surface area contributed by atoms with E-state index in [1.165, 1.54) is 12.1 Å². The summed E-state index contributed by atoms with van der Waals surface area (Å²) in [7, 11) is -4.40. The van der Waals surface area contributed by atoms with Gasteiger partial charge in [-0.05, 0) is 6.07 Å². The molecule has 92 valence electrons. The van der Waals surface area contributed by atoms with Crippen LogP contribution in [0.25, 0.3) is 0 Å². The molecule has 0 unspecified atom stereocenters.